The summed E-state index contributed by atoms with van der Waals surface area (Å²) in [6.07, 6.45) is 2.56. The summed E-state index contributed by atoms with van der Waals surface area (Å²) in [4.78, 5) is 20.4. The first-order chi connectivity index (χ1) is 14.6. The Morgan fingerprint density at radius 2 is 2.03 bits per heavy atom. The standard InChI is InChI=1S/C24H18N4O2/c1-2-13-5-8-19-15(10-13)11-17(24(29)28-19)20-16-7-6-14-4-3-9-27-21(14)22(16)30-23(26)18(20)12-25/h3-11,20H,2,26H2,1H3,(H,28,29)/t20-/m1/s1. The number of pyridine rings is 2. The molecule has 3 N–H and O–H groups in total. The largest absolute Gasteiger partial charge is 0.438 e. The van der Waals surface area contributed by atoms with Crippen LogP contribution in [0.4, 0.5) is 0 Å². The molecule has 0 bridgehead atoms. The minimum Gasteiger partial charge on any atom is -0.438 e. The average Bonchev–Trinajstić information content (AvgIpc) is 2.77. The fourth-order valence-corrected chi connectivity index (χ4v) is 4.08. The van der Waals surface area contributed by atoms with E-state index in [1.165, 1.54) is 5.56 Å². The van der Waals surface area contributed by atoms with Crippen LogP contribution in [0.2, 0.25) is 0 Å². The molecular weight excluding hydrogens is 376 g/mol. The third-order valence-electron chi connectivity index (χ3n) is 5.61. The maximum Gasteiger partial charge on any atom is 0.252 e. The third-order valence-corrected chi connectivity index (χ3v) is 5.61. The van der Waals surface area contributed by atoms with Crippen LogP contribution >= 0.6 is 0 Å². The van der Waals surface area contributed by atoms with E-state index >= 15 is 0 Å². The monoisotopic (exact) mass is 394 g/mol. The summed E-state index contributed by atoms with van der Waals surface area (Å²) in [6, 6.07) is 17.5. The second-order valence-corrected chi connectivity index (χ2v) is 7.31. The van der Waals surface area contributed by atoms with Crippen molar-refractivity contribution >= 4 is 21.8 Å². The number of aromatic amines is 1. The number of ether oxygens (including phenoxy) is 1. The van der Waals surface area contributed by atoms with Gasteiger partial charge in [0.15, 0.2) is 5.75 Å². The molecular formula is C24H18N4O2. The molecule has 0 spiro atoms. The first-order valence-corrected chi connectivity index (χ1v) is 9.71. The van der Waals surface area contributed by atoms with Crippen LogP contribution < -0.4 is 16.0 Å². The number of fused-ring (bicyclic) bond motifs is 4. The van der Waals surface area contributed by atoms with Crippen molar-refractivity contribution in [2.24, 2.45) is 5.73 Å². The molecule has 0 fully saturated rings. The van der Waals surface area contributed by atoms with Gasteiger partial charge in [0, 0.05) is 28.2 Å². The Bertz CT molecular complexity index is 1460. The summed E-state index contributed by atoms with van der Waals surface area (Å²) in [5, 5.41) is 11.6. The maximum atomic E-state index is 13.0. The van der Waals surface area contributed by atoms with Gasteiger partial charge in [-0.1, -0.05) is 31.2 Å². The van der Waals surface area contributed by atoms with Crippen LogP contribution in [0.3, 0.4) is 0 Å². The van der Waals surface area contributed by atoms with E-state index in [4.69, 9.17) is 10.5 Å². The van der Waals surface area contributed by atoms with Gasteiger partial charge in [0.05, 0.1) is 5.92 Å². The van der Waals surface area contributed by atoms with Crippen LogP contribution in [0.15, 0.2) is 71.0 Å². The predicted octanol–water partition coefficient (Wildman–Crippen LogP) is 3.86. The van der Waals surface area contributed by atoms with Crippen LogP contribution in [0.5, 0.6) is 5.75 Å². The SMILES string of the molecule is CCc1ccc2[nH]c(=O)c([C@@H]3C(C#N)=C(N)Oc4c3ccc3cccnc43)cc2c1. The fraction of sp³-hybridized carbons (Fsp3) is 0.125. The summed E-state index contributed by atoms with van der Waals surface area (Å²) in [6.45, 7) is 2.08. The highest BCUT2D eigenvalue weighted by molar-refractivity contribution is 5.87. The van der Waals surface area contributed by atoms with E-state index in [0.717, 1.165) is 22.7 Å². The Labute approximate surface area is 172 Å². The van der Waals surface area contributed by atoms with E-state index < -0.39 is 5.92 Å². The lowest BCUT2D eigenvalue weighted by Crippen LogP contribution is -2.25. The van der Waals surface area contributed by atoms with Gasteiger partial charge < -0.3 is 15.5 Å². The smallest absolute Gasteiger partial charge is 0.252 e. The molecule has 1 aliphatic rings. The number of hydrogen-bond donors (Lipinski definition) is 2. The van der Waals surface area contributed by atoms with Crippen LogP contribution in [0.25, 0.3) is 21.8 Å². The summed E-state index contributed by atoms with van der Waals surface area (Å²) in [5.41, 5.74) is 9.80. The van der Waals surface area contributed by atoms with Gasteiger partial charge in [-0.3, -0.25) is 9.78 Å². The Kier molecular flexibility index (Phi) is 4.04. The number of aryl methyl sites for hydroxylation is 1. The second kappa shape index (κ2) is 6.75. The molecule has 30 heavy (non-hydrogen) atoms. The molecule has 0 unspecified atom stereocenters. The number of allylic oxidation sites excluding steroid dienone is 1. The molecule has 6 heteroatoms. The van der Waals surface area contributed by atoms with E-state index in [1.54, 1.807) is 6.20 Å². The van der Waals surface area contributed by atoms with E-state index in [0.29, 0.717) is 22.4 Å². The van der Waals surface area contributed by atoms with Crippen LogP contribution in [0.1, 0.15) is 29.5 Å². The van der Waals surface area contributed by atoms with Gasteiger partial charge in [-0.05, 0) is 41.6 Å². The number of aromatic nitrogens is 2. The van der Waals surface area contributed by atoms with Gasteiger partial charge in [-0.2, -0.15) is 5.26 Å². The molecule has 146 valence electrons. The summed E-state index contributed by atoms with van der Waals surface area (Å²) < 4.78 is 5.82. The molecule has 0 radical (unpaired) electrons. The van der Waals surface area contributed by atoms with Crippen molar-refractivity contribution < 1.29 is 4.74 Å². The van der Waals surface area contributed by atoms with E-state index in [-0.39, 0.29) is 17.0 Å². The predicted molar refractivity (Wildman–Crippen MR) is 115 cm³/mol. The zero-order valence-electron chi connectivity index (χ0n) is 16.3. The third kappa shape index (κ3) is 2.64. The van der Waals surface area contributed by atoms with Gasteiger partial charge in [0.25, 0.3) is 5.56 Å². The Morgan fingerprint density at radius 3 is 2.83 bits per heavy atom. The van der Waals surface area contributed by atoms with Crippen molar-refractivity contribution in [3.63, 3.8) is 0 Å². The topological polar surface area (TPSA) is 105 Å². The quantitative estimate of drug-likeness (QED) is 0.537. The van der Waals surface area contributed by atoms with Crippen LogP contribution in [-0.2, 0) is 6.42 Å². The van der Waals surface area contributed by atoms with E-state index in [9.17, 15) is 10.1 Å². The van der Waals surface area contributed by atoms with E-state index in [1.807, 2.05) is 42.5 Å². The number of rotatable bonds is 2. The van der Waals surface area contributed by atoms with Gasteiger partial charge in [-0.15, -0.1) is 0 Å². The number of hydrogen-bond acceptors (Lipinski definition) is 5. The molecule has 6 nitrogen and oxygen atoms in total. The first kappa shape index (κ1) is 18.0. The van der Waals surface area contributed by atoms with Crippen molar-refractivity contribution in [3.05, 3.63) is 93.2 Å². The van der Waals surface area contributed by atoms with Crippen molar-refractivity contribution in [1.82, 2.24) is 9.97 Å². The highest BCUT2D eigenvalue weighted by Crippen LogP contribution is 2.44. The average molecular weight is 394 g/mol. The minimum absolute atomic E-state index is 0.00467. The number of H-pyrrole nitrogens is 1. The van der Waals surface area contributed by atoms with Crippen molar-refractivity contribution in [2.45, 2.75) is 19.3 Å². The number of nitrogens with zero attached hydrogens (tertiary/aromatic N) is 2. The zero-order chi connectivity index (χ0) is 20.8. The van der Waals surface area contributed by atoms with Gasteiger partial charge in [0.1, 0.15) is 17.2 Å². The van der Waals surface area contributed by atoms with Crippen molar-refractivity contribution in [3.8, 4) is 11.8 Å². The molecule has 2 aromatic heterocycles. The first-order valence-electron chi connectivity index (χ1n) is 9.71. The van der Waals surface area contributed by atoms with Gasteiger partial charge in [0.2, 0.25) is 5.88 Å². The molecule has 2 aromatic carbocycles. The summed E-state index contributed by atoms with van der Waals surface area (Å²) in [7, 11) is 0. The number of nitrogens with two attached hydrogens (primary N) is 1. The van der Waals surface area contributed by atoms with Crippen molar-refractivity contribution in [1.29, 1.82) is 5.26 Å². The molecule has 1 atom stereocenters. The van der Waals surface area contributed by atoms with E-state index in [2.05, 4.69) is 29.0 Å². The van der Waals surface area contributed by atoms with Crippen LogP contribution in [0, 0.1) is 11.3 Å². The number of benzene rings is 2. The molecule has 3 heterocycles. The zero-order valence-corrected chi connectivity index (χ0v) is 16.3. The van der Waals surface area contributed by atoms with Gasteiger partial charge >= 0.3 is 0 Å². The normalized spacial score (nSPS) is 15.7. The molecule has 5 rings (SSSR count). The van der Waals surface area contributed by atoms with Gasteiger partial charge in [-0.25, -0.2) is 0 Å². The maximum absolute atomic E-state index is 13.0. The van der Waals surface area contributed by atoms with Crippen LogP contribution in [-0.4, -0.2) is 9.97 Å². The number of nitrogens with one attached hydrogen (secondary N) is 1. The Morgan fingerprint density at radius 1 is 1.17 bits per heavy atom. The second-order valence-electron chi connectivity index (χ2n) is 7.31. The lowest BCUT2D eigenvalue weighted by Gasteiger charge is -2.26. The molecule has 4 aromatic rings. The molecule has 0 saturated heterocycles. The molecule has 1 aliphatic heterocycles. The molecule has 0 amide bonds. The lowest BCUT2D eigenvalue weighted by molar-refractivity contribution is 0.397. The lowest BCUT2D eigenvalue weighted by atomic mass is 9.83. The molecule has 0 aliphatic carbocycles. The number of nitriles is 1. The Balaban J connectivity index is 1.82. The highest BCUT2D eigenvalue weighted by atomic mass is 16.5. The highest BCUT2D eigenvalue weighted by Gasteiger charge is 2.33. The minimum atomic E-state index is -0.636. The summed E-state index contributed by atoms with van der Waals surface area (Å²) in [5.74, 6) is -0.157. The van der Waals surface area contributed by atoms with Crippen molar-refractivity contribution in [2.75, 3.05) is 0 Å². The molecule has 0 saturated carbocycles. The summed E-state index contributed by atoms with van der Waals surface area (Å²) >= 11 is 0. The fourth-order valence-electron chi connectivity index (χ4n) is 4.08. The Hall–Kier alpha value is -4.11.